The second-order valence-corrected chi connectivity index (χ2v) is 15.3. The quantitative estimate of drug-likeness (QED) is 0.0294. The second-order valence-electron chi connectivity index (χ2n) is 15.3. The first kappa shape index (κ1) is 60.7. The van der Waals surface area contributed by atoms with E-state index in [4.69, 9.17) is 24.1 Å². The molecule has 3 atom stereocenters. The fraction of sp³-hybridized carbons (Fsp3) is 0.767. The summed E-state index contributed by atoms with van der Waals surface area (Å²) in [5, 5.41) is 42.7. The first-order chi connectivity index (χ1) is 31.7. The first-order valence-electron chi connectivity index (χ1n) is 22.8. The number of unbranched alkanes of at least 4 members (excludes halogenated alkanes) is 8. The molecule has 0 spiro atoms. The van der Waals surface area contributed by atoms with Crippen molar-refractivity contribution in [2.24, 2.45) is 0 Å². The molecule has 1 unspecified atom stereocenters. The summed E-state index contributed by atoms with van der Waals surface area (Å²) < 4.78 is 21.1. The van der Waals surface area contributed by atoms with Gasteiger partial charge in [0.1, 0.15) is 31.6 Å². The Balaban J connectivity index is 3.92. The summed E-state index contributed by atoms with van der Waals surface area (Å²) in [4.78, 5) is 118. The molecule has 23 nitrogen and oxygen atoms in total. The van der Waals surface area contributed by atoms with Gasteiger partial charge in [-0.2, -0.15) is 0 Å². The standard InChI is InChI=1S/C43H74N6O17/c1-2-3-20-44-35(51)17-14-32(29-50)47-38(54)19-16-34(43(61)62)49-40(56)31-66-28-26-64-24-22-46-39(55)30-65-27-25-63-23-21-45-36(52)18-15-33(42(59)60)48-37(53)12-10-8-6-4-5-7-9-11-13-41(57)58/h29,32-34H,2-28,30-31H2,1H3,(H,44,51)(H,45,52)(H,46,55)(H,47,54)(H,48,53)(H,49,56)(H,57,58)(H,59,60)(H,61,62)/t32-,33-,34?/m0/s1. The monoisotopic (exact) mass is 947 g/mol. The van der Waals surface area contributed by atoms with Crippen LogP contribution in [0.2, 0.25) is 0 Å². The Hall–Kier alpha value is -5.26. The Morgan fingerprint density at radius 3 is 1.38 bits per heavy atom. The molecule has 23 heteroatoms. The van der Waals surface area contributed by atoms with Crippen LogP contribution in [0.15, 0.2) is 0 Å². The summed E-state index contributed by atoms with van der Waals surface area (Å²) in [6.07, 6.45) is 8.91. The van der Waals surface area contributed by atoms with Crippen LogP contribution in [-0.4, -0.2) is 166 Å². The summed E-state index contributed by atoms with van der Waals surface area (Å²) in [6.45, 7) is 2.71. The van der Waals surface area contributed by atoms with Crippen LogP contribution >= 0.6 is 0 Å². The van der Waals surface area contributed by atoms with E-state index in [0.717, 1.165) is 51.4 Å². The fourth-order valence-corrected chi connectivity index (χ4v) is 5.86. The molecule has 0 aromatic carbocycles. The SMILES string of the molecule is CCCCNC(=O)CC[C@@H](C=O)NC(=O)CCC(NC(=O)COCCOCCNC(=O)COCCOCCNC(=O)CC[C@H](NC(=O)CCCCCCCCCCC(=O)O)C(=O)O)C(=O)O. The van der Waals surface area contributed by atoms with Gasteiger partial charge in [0.2, 0.25) is 35.4 Å². The molecule has 0 bridgehead atoms. The minimum absolute atomic E-state index is 0.00652. The van der Waals surface area contributed by atoms with Gasteiger partial charge in [0.25, 0.3) is 0 Å². The third-order valence-electron chi connectivity index (χ3n) is 9.52. The van der Waals surface area contributed by atoms with Gasteiger partial charge in [0, 0.05) is 51.7 Å². The van der Waals surface area contributed by atoms with Crippen LogP contribution < -0.4 is 31.9 Å². The van der Waals surface area contributed by atoms with Crippen LogP contribution in [0.1, 0.15) is 122 Å². The highest BCUT2D eigenvalue weighted by Gasteiger charge is 2.23. The number of rotatable bonds is 45. The smallest absolute Gasteiger partial charge is 0.326 e. The van der Waals surface area contributed by atoms with Gasteiger partial charge in [-0.3, -0.25) is 33.6 Å². The van der Waals surface area contributed by atoms with Crippen molar-refractivity contribution in [1.29, 1.82) is 0 Å². The van der Waals surface area contributed by atoms with Crippen molar-refractivity contribution < 1.29 is 82.2 Å². The van der Waals surface area contributed by atoms with Gasteiger partial charge in [-0.15, -0.1) is 0 Å². The number of ether oxygens (including phenoxy) is 4. The van der Waals surface area contributed by atoms with Gasteiger partial charge in [-0.25, -0.2) is 9.59 Å². The Labute approximate surface area is 386 Å². The molecule has 0 aromatic rings. The van der Waals surface area contributed by atoms with Crippen LogP contribution in [0, 0.1) is 0 Å². The summed E-state index contributed by atoms with van der Waals surface area (Å²) >= 11 is 0. The van der Waals surface area contributed by atoms with E-state index in [9.17, 15) is 58.2 Å². The maximum Gasteiger partial charge on any atom is 0.326 e. The number of amides is 6. The summed E-state index contributed by atoms with van der Waals surface area (Å²) in [7, 11) is 0. The minimum Gasteiger partial charge on any atom is -0.481 e. The predicted octanol–water partition coefficient (Wildman–Crippen LogP) is 0.350. The van der Waals surface area contributed by atoms with Crippen LogP contribution in [0.25, 0.3) is 0 Å². The molecule has 9 N–H and O–H groups in total. The average Bonchev–Trinajstić information content (AvgIpc) is 3.27. The van der Waals surface area contributed by atoms with E-state index >= 15 is 0 Å². The number of nitrogens with one attached hydrogen (secondary N) is 6. The molecule has 0 heterocycles. The van der Waals surface area contributed by atoms with E-state index in [2.05, 4.69) is 31.9 Å². The maximum atomic E-state index is 12.3. The molecule has 0 aromatic heterocycles. The molecule has 6 amide bonds. The molecule has 0 saturated heterocycles. The number of carbonyl (C=O) groups is 10. The first-order valence-corrected chi connectivity index (χ1v) is 22.8. The van der Waals surface area contributed by atoms with Crippen molar-refractivity contribution in [3.05, 3.63) is 0 Å². The van der Waals surface area contributed by atoms with E-state index in [0.29, 0.717) is 25.7 Å². The number of aldehydes is 1. The maximum absolute atomic E-state index is 12.3. The molecule has 378 valence electrons. The number of carboxylic acid groups (broad SMARTS) is 3. The van der Waals surface area contributed by atoms with Crippen LogP contribution in [-0.2, 0) is 66.9 Å². The zero-order valence-corrected chi connectivity index (χ0v) is 38.4. The predicted molar refractivity (Wildman–Crippen MR) is 236 cm³/mol. The van der Waals surface area contributed by atoms with Crippen LogP contribution in [0.5, 0.6) is 0 Å². The lowest BCUT2D eigenvalue weighted by atomic mass is 10.1. The molecule has 0 aliphatic heterocycles. The van der Waals surface area contributed by atoms with Gasteiger partial charge < -0.3 is 71.0 Å². The molecule has 0 saturated carbocycles. The van der Waals surface area contributed by atoms with Gasteiger partial charge in [0.15, 0.2) is 0 Å². The number of hydrogen-bond donors (Lipinski definition) is 9. The van der Waals surface area contributed by atoms with Crippen molar-refractivity contribution in [3.8, 4) is 0 Å². The molecule has 0 aliphatic carbocycles. The molecule has 0 aliphatic rings. The zero-order chi connectivity index (χ0) is 49.2. The normalized spacial score (nSPS) is 12.2. The van der Waals surface area contributed by atoms with Crippen molar-refractivity contribution in [2.75, 3.05) is 72.5 Å². The number of carboxylic acids is 3. The molecule has 0 fully saturated rings. The van der Waals surface area contributed by atoms with Crippen molar-refractivity contribution in [3.63, 3.8) is 0 Å². The second kappa shape index (κ2) is 41.2. The van der Waals surface area contributed by atoms with E-state index in [1.54, 1.807) is 0 Å². The Kier molecular flexibility index (Phi) is 37.9. The van der Waals surface area contributed by atoms with E-state index < -0.39 is 66.3 Å². The minimum atomic E-state index is -1.38. The Bertz CT molecular complexity index is 1450. The van der Waals surface area contributed by atoms with E-state index in [1.165, 1.54) is 0 Å². The fourth-order valence-electron chi connectivity index (χ4n) is 5.86. The molecular weight excluding hydrogens is 872 g/mol. The third kappa shape index (κ3) is 38.1. The largest absolute Gasteiger partial charge is 0.481 e. The summed E-state index contributed by atoms with van der Waals surface area (Å²) in [5.41, 5.74) is 0. The number of aliphatic carboxylic acids is 3. The van der Waals surface area contributed by atoms with Crippen LogP contribution in [0.3, 0.4) is 0 Å². The van der Waals surface area contributed by atoms with Gasteiger partial charge >= 0.3 is 17.9 Å². The van der Waals surface area contributed by atoms with Crippen molar-refractivity contribution in [1.82, 2.24) is 31.9 Å². The highest BCUT2D eigenvalue weighted by Crippen LogP contribution is 2.11. The Morgan fingerprint density at radius 1 is 0.439 bits per heavy atom. The lowest BCUT2D eigenvalue weighted by molar-refractivity contribution is -0.143. The molecule has 0 rings (SSSR count). The average molecular weight is 947 g/mol. The Morgan fingerprint density at radius 2 is 0.864 bits per heavy atom. The van der Waals surface area contributed by atoms with E-state index in [-0.39, 0.29) is 123 Å². The van der Waals surface area contributed by atoms with Gasteiger partial charge in [-0.1, -0.05) is 51.9 Å². The highest BCUT2D eigenvalue weighted by atomic mass is 16.5. The van der Waals surface area contributed by atoms with E-state index in [1.807, 2.05) is 6.92 Å². The highest BCUT2D eigenvalue weighted by molar-refractivity contribution is 5.86. The van der Waals surface area contributed by atoms with Gasteiger partial charge in [0.05, 0.1) is 45.7 Å². The van der Waals surface area contributed by atoms with Crippen molar-refractivity contribution >= 4 is 59.6 Å². The topological polar surface area (TPSA) is 340 Å². The zero-order valence-electron chi connectivity index (χ0n) is 38.4. The molecular formula is C43H74N6O17. The lowest BCUT2D eigenvalue weighted by Gasteiger charge is -2.16. The summed E-state index contributed by atoms with van der Waals surface area (Å²) in [5.74, 6) is -6.14. The number of hydrogen-bond acceptors (Lipinski definition) is 14. The lowest BCUT2D eigenvalue weighted by Crippen LogP contribution is -2.44. The molecule has 0 radical (unpaired) electrons. The third-order valence-corrected chi connectivity index (χ3v) is 9.52. The molecule has 66 heavy (non-hydrogen) atoms. The summed E-state index contributed by atoms with van der Waals surface area (Å²) in [6, 6.07) is -3.49. The van der Waals surface area contributed by atoms with Crippen LogP contribution in [0.4, 0.5) is 0 Å². The van der Waals surface area contributed by atoms with Crippen molar-refractivity contribution in [2.45, 2.75) is 141 Å². The number of carbonyl (C=O) groups excluding carboxylic acids is 7. The van der Waals surface area contributed by atoms with Gasteiger partial charge in [-0.05, 0) is 38.5 Å².